The normalized spacial score (nSPS) is 12.3. The third-order valence-corrected chi connectivity index (χ3v) is 4.40. The van der Waals surface area contributed by atoms with Crippen molar-refractivity contribution in [1.82, 2.24) is 24.9 Å². The van der Waals surface area contributed by atoms with E-state index in [9.17, 15) is 13.6 Å². The summed E-state index contributed by atoms with van der Waals surface area (Å²) in [6, 6.07) is 2.77. The van der Waals surface area contributed by atoms with Crippen LogP contribution in [0.25, 0.3) is 5.78 Å². The molecule has 0 saturated carbocycles. The summed E-state index contributed by atoms with van der Waals surface area (Å²) < 4.78 is 28.4. The van der Waals surface area contributed by atoms with E-state index in [1.165, 1.54) is 18.5 Å². The molecule has 0 fully saturated rings. The van der Waals surface area contributed by atoms with Crippen molar-refractivity contribution in [2.75, 3.05) is 0 Å². The molecule has 3 aromatic rings. The van der Waals surface area contributed by atoms with Gasteiger partial charge in [0.25, 0.3) is 5.78 Å². The van der Waals surface area contributed by atoms with Crippen LogP contribution in [0.15, 0.2) is 24.5 Å². The summed E-state index contributed by atoms with van der Waals surface area (Å²) in [5.74, 6) is -1.02. The average Bonchev–Trinajstić information content (AvgIpc) is 3.02. The van der Waals surface area contributed by atoms with E-state index in [2.05, 4.69) is 20.4 Å². The maximum Gasteiger partial charge on any atom is 0.252 e. The van der Waals surface area contributed by atoms with Crippen molar-refractivity contribution in [3.63, 3.8) is 0 Å². The van der Waals surface area contributed by atoms with Crippen LogP contribution in [-0.4, -0.2) is 25.5 Å². The molecule has 0 aliphatic heterocycles. The SMILES string of the molecule is Cc1nc2ncnn2c(C)c1CCC(=O)N[C@@H](C)c1ccc(F)cc1F. The molecule has 26 heavy (non-hydrogen) atoms. The van der Waals surface area contributed by atoms with E-state index in [-0.39, 0.29) is 17.9 Å². The van der Waals surface area contributed by atoms with Gasteiger partial charge in [-0.3, -0.25) is 4.79 Å². The molecule has 1 aromatic carbocycles. The number of fused-ring (bicyclic) bond motifs is 1. The second kappa shape index (κ2) is 7.15. The summed E-state index contributed by atoms with van der Waals surface area (Å²) in [5, 5.41) is 6.86. The zero-order valence-electron chi connectivity index (χ0n) is 14.8. The van der Waals surface area contributed by atoms with E-state index in [1.807, 2.05) is 13.8 Å². The number of aromatic nitrogens is 4. The molecule has 1 atom stereocenters. The van der Waals surface area contributed by atoms with Crippen LogP contribution in [0.1, 0.15) is 41.9 Å². The summed E-state index contributed by atoms with van der Waals surface area (Å²) in [7, 11) is 0. The third-order valence-electron chi connectivity index (χ3n) is 4.40. The summed E-state index contributed by atoms with van der Waals surface area (Å²) in [4.78, 5) is 20.7. The van der Waals surface area contributed by atoms with Crippen LogP contribution in [0, 0.1) is 25.5 Å². The van der Waals surface area contributed by atoms with Crippen LogP contribution in [0.5, 0.6) is 0 Å². The number of amides is 1. The van der Waals surface area contributed by atoms with Crippen molar-refractivity contribution < 1.29 is 13.6 Å². The van der Waals surface area contributed by atoms with Crippen LogP contribution in [0.2, 0.25) is 0 Å². The Morgan fingerprint density at radius 2 is 2.08 bits per heavy atom. The first kappa shape index (κ1) is 17.9. The standard InChI is InChI=1S/C18H19F2N5O/c1-10-14(12(3)25-18(24-10)21-9-22-25)6-7-17(26)23-11(2)15-5-4-13(19)8-16(15)20/h4-5,8-9,11H,6-7H2,1-3H3,(H,23,26)/t11-/m0/s1. The monoisotopic (exact) mass is 359 g/mol. The summed E-state index contributed by atoms with van der Waals surface area (Å²) in [5.41, 5.74) is 2.86. The summed E-state index contributed by atoms with van der Waals surface area (Å²) >= 11 is 0. The maximum atomic E-state index is 13.8. The minimum Gasteiger partial charge on any atom is -0.349 e. The lowest BCUT2D eigenvalue weighted by Crippen LogP contribution is -2.27. The number of carbonyl (C=O) groups is 1. The van der Waals surface area contributed by atoms with Crippen molar-refractivity contribution >= 4 is 11.7 Å². The second-order valence-corrected chi connectivity index (χ2v) is 6.19. The minimum absolute atomic E-state index is 0.219. The van der Waals surface area contributed by atoms with Gasteiger partial charge in [-0.05, 0) is 38.8 Å². The number of rotatable bonds is 5. The molecular formula is C18H19F2N5O. The number of nitrogens with zero attached hydrogens (tertiary/aromatic N) is 4. The molecule has 0 saturated heterocycles. The molecule has 0 radical (unpaired) electrons. The number of hydrogen-bond acceptors (Lipinski definition) is 4. The van der Waals surface area contributed by atoms with Gasteiger partial charge in [-0.2, -0.15) is 10.1 Å². The number of nitrogens with one attached hydrogen (secondary N) is 1. The Morgan fingerprint density at radius 3 is 2.81 bits per heavy atom. The Labute approximate surface area is 149 Å². The van der Waals surface area contributed by atoms with Crippen molar-refractivity contribution in [3.05, 3.63) is 58.7 Å². The smallest absolute Gasteiger partial charge is 0.252 e. The third kappa shape index (κ3) is 3.54. The highest BCUT2D eigenvalue weighted by Gasteiger charge is 2.16. The van der Waals surface area contributed by atoms with E-state index in [0.717, 1.165) is 23.0 Å². The van der Waals surface area contributed by atoms with Crippen molar-refractivity contribution in [1.29, 1.82) is 0 Å². The van der Waals surface area contributed by atoms with Gasteiger partial charge in [0.1, 0.15) is 18.0 Å². The lowest BCUT2D eigenvalue weighted by atomic mass is 10.0. The van der Waals surface area contributed by atoms with Gasteiger partial charge in [0.2, 0.25) is 5.91 Å². The molecular weight excluding hydrogens is 340 g/mol. The highest BCUT2D eigenvalue weighted by Crippen LogP contribution is 2.19. The van der Waals surface area contributed by atoms with Crippen LogP contribution in [-0.2, 0) is 11.2 Å². The predicted octanol–water partition coefficient (Wildman–Crippen LogP) is 2.83. The maximum absolute atomic E-state index is 13.8. The van der Waals surface area contributed by atoms with E-state index in [0.29, 0.717) is 12.2 Å². The van der Waals surface area contributed by atoms with Gasteiger partial charge in [0.15, 0.2) is 0 Å². The molecule has 0 bridgehead atoms. The van der Waals surface area contributed by atoms with Gasteiger partial charge in [-0.15, -0.1) is 0 Å². The molecule has 2 aromatic heterocycles. The van der Waals surface area contributed by atoms with Crippen LogP contribution >= 0.6 is 0 Å². The minimum atomic E-state index is -0.676. The molecule has 6 nitrogen and oxygen atoms in total. The fourth-order valence-electron chi connectivity index (χ4n) is 3.00. The fourth-order valence-corrected chi connectivity index (χ4v) is 3.00. The van der Waals surface area contributed by atoms with E-state index >= 15 is 0 Å². The highest BCUT2D eigenvalue weighted by molar-refractivity contribution is 5.76. The zero-order valence-corrected chi connectivity index (χ0v) is 14.8. The molecule has 1 N–H and O–H groups in total. The molecule has 0 unspecified atom stereocenters. The van der Waals surface area contributed by atoms with Crippen LogP contribution in [0.3, 0.4) is 0 Å². The number of carbonyl (C=O) groups excluding carboxylic acids is 1. The van der Waals surface area contributed by atoms with E-state index < -0.39 is 17.7 Å². The molecule has 136 valence electrons. The van der Waals surface area contributed by atoms with Crippen molar-refractivity contribution in [2.24, 2.45) is 0 Å². The Hall–Kier alpha value is -2.90. The van der Waals surface area contributed by atoms with Gasteiger partial charge >= 0.3 is 0 Å². The fraction of sp³-hybridized carbons (Fsp3) is 0.333. The first-order chi connectivity index (χ1) is 12.4. The lowest BCUT2D eigenvalue weighted by molar-refractivity contribution is -0.121. The first-order valence-corrected chi connectivity index (χ1v) is 8.27. The van der Waals surface area contributed by atoms with Crippen LogP contribution < -0.4 is 5.32 Å². The van der Waals surface area contributed by atoms with Crippen LogP contribution in [0.4, 0.5) is 8.78 Å². The van der Waals surface area contributed by atoms with Gasteiger partial charge in [0, 0.05) is 29.4 Å². The first-order valence-electron chi connectivity index (χ1n) is 8.27. The second-order valence-electron chi connectivity index (χ2n) is 6.19. The summed E-state index contributed by atoms with van der Waals surface area (Å²) in [6.45, 7) is 5.43. The lowest BCUT2D eigenvalue weighted by Gasteiger charge is -2.16. The molecule has 3 rings (SSSR count). The quantitative estimate of drug-likeness (QED) is 0.760. The molecule has 2 heterocycles. The van der Waals surface area contributed by atoms with Gasteiger partial charge in [0.05, 0.1) is 6.04 Å². The van der Waals surface area contributed by atoms with Crippen molar-refractivity contribution in [3.8, 4) is 0 Å². The molecule has 1 amide bonds. The largest absolute Gasteiger partial charge is 0.349 e. The average molecular weight is 359 g/mol. The zero-order chi connectivity index (χ0) is 18.8. The van der Waals surface area contributed by atoms with Gasteiger partial charge in [-0.1, -0.05) is 6.07 Å². The van der Waals surface area contributed by atoms with Crippen molar-refractivity contribution in [2.45, 2.75) is 39.7 Å². The predicted molar refractivity (Wildman–Crippen MR) is 91.5 cm³/mol. The Balaban J connectivity index is 1.67. The molecule has 8 heteroatoms. The van der Waals surface area contributed by atoms with Gasteiger partial charge < -0.3 is 5.32 Å². The number of benzene rings is 1. The molecule has 0 aliphatic carbocycles. The number of aryl methyl sites for hydroxylation is 2. The number of halogens is 2. The Kier molecular flexibility index (Phi) is 4.92. The number of hydrogen-bond donors (Lipinski definition) is 1. The Bertz CT molecular complexity index is 970. The summed E-state index contributed by atoms with van der Waals surface area (Å²) in [6.07, 6.45) is 2.13. The highest BCUT2D eigenvalue weighted by atomic mass is 19.1. The molecule has 0 spiro atoms. The van der Waals surface area contributed by atoms with Gasteiger partial charge in [-0.25, -0.2) is 18.3 Å². The van der Waals surface area contributed by atoms with E-state index in [4.69, 9.17) is 0 Å². The topological polar surface area (TPSA) is 72.2 Å². The molecule has 0 aliphatic rings. The van der Waals surface area contributed by atoms with E-state index in [1.54, 1.807) is 11.4 Å². The Morgan fingerprint density at radius 1 is 1.31 bits per heavy atom.